The fourth-order valence-electron chi connectivity index (χ4n) is 3.44. The van der Waals surface area contributed by atoms with Crippen molar-refractivity contribution in [2.75, 3.05) is 4.90 Å². The van der Waals surface area contributed by atoms with E-state index in [2.05, 4.69) is 15.3 Å². The van der Waals surface area contributed by atoms with Crippen LogP contribution in [0.1, 0.15) is 34.9 Å². The van der Waals surface area contributed by atoms with E-state index in [-0.39, 0.29) is 11.8 Å². The second-order valence-corrected chi connectivity index (χ2v) is 9.77. The monoisotopic (exact) mass is 476 g/mol. The molecule has 1 fully saturated rings. The van der Waals surface area contributed by atoms with Gasteiger partial charge in [0.1, 0.15) is 0 Å². The lowest BCUT2D eigenvalue weighted by molar-refractivity contribution is -0.116. The molecule has 2 amide bonds. The smallest absolute Gasteiger partial charge is 0.264 e. The van der Waals surface area contributed by atoms with Crippen LogP contribution in [0.3, 0.4) is 0 Å². The lowest BCUT2D eigenvalue weighted by atomic mass is 10.1. The van der Waals surface area contributed by atoms with Crippen molar-refractivity contribution in [1.82, 2.24) is 10.3 Å². The van der Waals surface area contributed by atoms with Crippen molar-refractivity contribution in [3.8, 4) is 0 Å². The Labute approximate surface area is 201 Å². The zero-order chi connectivity index (χ0) is 23.7. The van der Waals surface area contributed by atoms with Crippen LogP contribution in [-0.2, 0) is 9.59 Å². The number of thiazole rings is 1. The first-order valence-electron chi connectivity index (χ1n) is 10.4. The maximum Gasteiger partial charge on any atom is 0.264 e. The number of rotatable bonds is 4. The van der Waals surface area contributed by atoms with Crippen molar-refractivity contribution in [2.24, 2.45) is 4.99 Å². The molecule has 1 saturated heterocycles. The first-order valence-corrected chi connectivity index (χ1v) is 12.1. The van der Waals surface area contributed by atoms with E-state index in [1.54, 1.807) is 11.0 Å². The molecule has 168 valence electrons. The average molecular weight is 477 g/mol. The van der Waals surface area contributed by atoms with Gasteiger partial charge in [0, 0.05) is 12.3 Å². The molecular weight excluding hydrogens is 452 g/mol. The lowest BCUT2D eigenvalue weighted by Crippen LogP contribution is -2.22. The van der Waals surface area contributed by atoms with Crippen molar-refractivity contribution >= 4 is 62.7 Å². The molecule has 0 saturated carbocycles. The normalized spacial score (nSPS) is 15.8. The van der Waals surface area contributed by atoms with Gasteiger partial charge in [-0.05, 0) is 79.9 Å². The molecule has 33 heavy (non-hydrogen) atoms. The predicted octanol–water partition coefficient (Wildman–Crippen LogP) is 5.95. The van der Waals surface area contributed by atoms with E-state index in [9.17, 15) is 9.59 Å². The Morgan fingerprint density at radius 2 is 1.79 bits per heavy atom. The molecule has 1 aromatic heterocycles. The van der Waals surface area contributed by atoms with Gasteiger partial charge in [0.25, 0.3) is 5.91 Å². The summed E-state index contributed by atoms with van der Waals surface area (Å²) in [5.41, 5.74) is 6.63. The second kappa shape index (κ2) is 9.33. The Morgan fingerprint density at radius 1 is 1.06 bits per heavy atom. The summed E-state index contributed by atoms with van der Waals surface area (Å²) < 4.78 is 0. The number of amidine groups is 1. The molecule has 0 unspecified atom stereocenters. The standard InChI is InChI=1S/C25H24N4O2S2/c1-14-9-10-20(11-17(14)4)29(18(5)30)25-26-19(13-32-25)12-21-23(31)28-24(33-21)27-22-15(2)7-6-8-16(22)3/h6-13H,1-5H3,(H,27,28,31)/b21-12+. The van der Waals surface area contributed by atoms with Crippen molar-refractivity contribution in [3.05, 3.63) is 74.6 Å². The summed E-state index contributed by atoms with van der Waals surface area (Å²) in [5.74, 6) is -0.333. The van der Waals surface area contributed by atoms with Crippen LogP contribution >= 0.6 is 23.1 Å². The molecule has 0 spiro atoms. The van der Waals surface area contributed by atoms with Crippen LogP contribution in [0.15, 0.2) is 51.7 Å². The first kappa shape index (κ1) is 22.9. The third kappa shape index (κ3) is 4.91. The molecule has 2 aromatic carbocycles. The van der Waals surface area contributed by atoms with Crippen LogP contribution in [0, 0.1) is 27.7 Å². The number of hydrogen-bond donors (Lipinski definition) is 1. The highest BCUT2D eigenvalue weighted by Crippen LogP contribution is 2.33. The van der Waals surface area contributed by atoms with Gasteiger partial charge >= 0.3 is 0 Å². The Balaban J connectivity index is 1.60. The Hall–Kier alpha value is -3.23. The number of para-hydroxylation sites is 1. The van der Waals surface area contributed by atoms with Gasteiger partial charge in [0.2, 0.25) is 5.91 Å². The summed E-state index contributed by atoms with van der Waals surface area (Å²) in [4.78, 5) is 36.3. The zero-order valence-corrected chi connectivity index (χ0v) is 20.7. The van der Waals surface area contributed by atoms with E-state index in [1.807, 2.05) is 69.5 Å². The average Bonchev–Trinajstić information content (AvgIpc) is 3.34. The summed E-state index contributed by atoms with van der Waals surface area (Å²) in [5, 5.41) is 5.77. The van der Waals surface area contributed by atoms with E-state index in [4.69, 9.17) is 0 Å². The molecule has 1 aliphatic heterocycles. The highest BCUT2D eigenvalue weighted by Gasteiger charge is 2.25. The lowest BCUT2D eigenvalue weighted by Gasteiger charge is -2.19. The molecule has 0 atom stereocenters. The molecule has 6 nitrogen and oxygen atoms in total. The second-order valence-electron chi connectivity index (χ2n) is 7.90. The molecule has 0 radical (unpaired) electrons. The Bertz CT molecular complexity index is 1300. The van der Waals surface area contributed by atoms with Crippen molar-refractivity contribution in [1.29, 1.82) is 0 Å². The molecule has 0 bridgehead atoms. The van der Waals surface area contributed by atoms with Gasteiger partial charge in [0.05, 0.1) is 22.0 Å². The number of aliphatic imine (C=N–C) groups is 1. The Kier molecular flexibility index (Phi) is 6.49. The predicted molar refractivity (Wildman–Crippen MR) is 138 cm³/mol. The van der Waals surface area contributed by atoms with Crippen molar-refractivity contribution in [3.63, 3.8) is 0 Å². The topological polar surface area (TPSA) is 74.7 Å². The third-order valence-corrected chi connectivity index (χ3v) is 7.10. The number of nitrogens with one attached hydrogen (secondary N) is 1. The fourth-order valence-corrected chi connectivity index (χ4v) is 5.09. The minimum absolute atomic E-state index is 0.122. The van der Waals surface area contributed by atoms with Gasteiger partial charge in [-0.2, -0.15) is 0 Å². The number of carbonyl (C=O) groups excluding carboxylic acids is 2. The van der Waals surface area contributed by atoms with E-state index in [0.29, 0.717) is 20.9 Å². The van der Waals surface area contributed by atoms with Crippen LogP contribution in [-0.4, -0.2) is 22.0 Å². The van der Waals surface area contributed by atoms with Crippen LogP contribution < -0.4 is 10.2 Å². The third-order valence-electron chi connectivity index (χ3n) is 5.35. The Morgan fingerprint density at radius 3 is 2.45 bits per heavy atom. The number of aromatic nitrogens is 1. The van der Waals surface area contributed by atoms with E-state index in [0.717, 1.165) is 33.6 Å². The van der Waals surface area contributed by atoms with Gasteiger partial charge in [-0.25, -0.2) is 9.98 Å². The zero-order valence-electron chi connectivity index (χ0n) is 19.1. The summed E-state index contributed by atoms with van der Waals surface area (Å²) in [7, 11) is 0. The minimum Gasteiger partial charge on any atom is -0.300 e. The van der Waals surface area contributed by atoms with Gasteiger partial charge in [-0.15, -0.1) is 11.3 Å². The molecule has 1 aliphatic rings. The summed E-state index contributed by atoms with van der Waals surface area (Å²) in [6.45, 7) is 9.57. The maximum atomic E-state index is 12.5. The number of aryl methyl sites for hydroxylation is 4. The highest BCUT2D eigenvalue weighted by molar-refractivity contribution is 8.18. The molecule has 2 heterocycles. The van der Waals surface area contributed by atoms with Crippen molar-refractivity contribution < 1.29 is 9.59 Å². The summed E-state index contributed by atoms with van der Waals surface area (Å²) >= 11 is 2.65. The molecule has 4 rings (SSSR count). The molecule has 8 heteroatoms. The number of benzene rings is 2. The minimum atomic E-state index is -0.211. The fraction of sp³-hybridized carbons (Fsp3) is 0.200. The number of anilines is 2. The first-order chi connectivity index (χ1) is 15.7. The van der Waals surface area contributed by atoms with Crippen molar-refractivity contribution in [2.45, 2.75) is 34.6 Å². The highest BCUT2D eigenvalue weighted by atomic mass is 32.2. The van der Waals surface area contributed by atoms with Crippen LogP contribution in [0.2, 0.25) is 0 Å². The van der Waals surface area contributed by atoms with E-state index >= 15 is 0 Å². The van der Waals surface area contributed by atoms with Gasteiger partial charge in [-0.3, -0.25) is 14.5 Å². The molecule has 3 aromatic rings. The van der Waals surface area contributed by atoms with Crippen LogP contribution in [0.25, 0.3) is 6.08 Å². The number of carbonyl (C=O) groups is 2. The summed E-state index contributed by atoms with van der Waals surface area (Å²) in [6.07, 6.45) is 1.73. The quantitative estimate of drug-likeness (QED) is 0.472. The number of hydrogen-bond acceptors (Lipinski definition) is 6. The number of amides is 2. The largest absolute Gasteiger partial charge is 0.300 e. The van der Waals surface area contributed by atoms with Gasteiger partial charge in [-0.1, -0.05) is 24.3 Å². The molecular formula is C25H24N4O2S2. The number of thioether (sulfide) groups is 1. The van der Waals surface area contributed by atoms with E-state index in [1.165, 1.54) is 30.0 Å². The van der Waals surface area contributed by atoms with Gasteiger partial charge < -0.3 is 5.32 Å². The number of nitrogens with zero attached hydrogens (tertiary/aromatic N) is 3. The van der Waals surface area contributed by atoms with Crippen LogP contribution in [0.5, 0.6) is 0 Å². The molecule has 1 N–H and O–H groups in total. The summed E-state index contributed by atoms with van der Waals surface area (Å²) in [6, 6.07) is 11.9. The SMILES string of the molecule is CC(=O)N(c1ccc(C)c(C)c1)c1nc(/C=C2/SC(=Nc3c(C)cccc3C)NC2=O)cs1. The van der Waals surface area contributed by atoms with E-state index < -0.39 is 0 Å². The maximum absolute atomic E-state index is 12.5. The van der Waals surface area contributed by atoms with Crippen LogP contribution in [0.4, 0.5) is 16.5 Å². The molecule has 0 aliphatic carbocycles. The van der Waals surface area contributed by atoms with Gasteiger partial charge in [0.15, 0.2) is 10.3 Å².